The Balaban J connectivity index is 2.29. The average molecular weight is 505 g/mol. The van der Waals surface area contributed by atoms with Crippen LogP contribution in [0.15, 0.2) is 17.0 Å². The number of benzene rings is 1. The summed E-state index contributed by atoms with van der Waals surface area (Å²) < 4.78 is 16.8. The highest BCUT2D eigenvalue weighted by Gasteiger charge is 2.33. The summed E-state index contributed by atoms with van der Waals surface area (Å²) >= 11 is 2.98. The van der Waals surface area contributed by atoms with Gasteiger partial charge in [0, 0.05) is 6.54 Å². The molecule has 0 bridgehead atoms. The first-order valence-corrected chi connectivity index (χ1v) is 10.3. The van der Waals surface area contributed by atoms with Crippen LogP contribution in [-0.2, 0) is 14.3 Å². The second kappa shape index (κ2) is 9.98. The summed E-state index contributed by atoms with van der Waals surface area (Å²) in [7, 11) is 0. The van der Waals surface area contributed by atoms with Crippen molar-refractivity contribution in [3.63, 3.8) is 0 Å². The van der Waals surface area contributed by atoms with Crippen LogP contribution in [0, 0.1) is 3.57 Å². The molecule has 1 aromatic carbocycles. The molecular weight excluding hydrogens is 485 g/mol. The summed E-state index contributed by atoms with van der Waals surface area (Å²) in [4.78, 5) is 37.2. The highest BCUT2D eigenvalue weighted by Crippen LogP contribution is 2.37. The van der Waals surface area contributed by atoms with Crippen molar-refractivity contribution in [1.82, 2.24) is 4.90 Å². The van der Waals surface area contributed by atoms with Crippen LogP contribution in [0.4, 0.5) is 4.79 Å². The normalized spacial score (nSPS) is 15.4. The molecule has 1 heterocycles. The van der Waals surface area contributed by atoms with Crippen molar-refractivity contribution in [2.24, 2.45) is 0 Å². The molecule has 2 amide bonds. The zero-order chi connectivity index (χ0) is 20.0. The zero-order valence-corrected chi connectivity index (χ0v) is 18.2. The van der Waals surface area contributed by atoms with Crippen LogP contribution in [0.5, 0.6) is 11.5 Å². The average Bonchev–Trinajstić information content (AvgIpc) is 2.87. The van der Waals surface area contributed by atoms with E-state index in [2.05, 4.69) is 22.6 Å². The molecule has 1 fully saturated rings. The molecule has 146 valence electrons. The number of thioether (sulfide) groups is 1. The van der Waals surface area contributed by atoms with E-state index >= 15 is 0 Å². The van der Waals surface area contributed by atoms with Gasteiger partial charge in [-0.15, -0.1) is 0 Å². The maximum absolute atomic E-state index is 12.3. The van der Waals surface area contributed by atoms with Crippen molar-refractivity contribution >= 4 is 57.5 Å². The van der Waals surface area contributed by atoms with Crippen LogP contribution >= 0.6 is 34.4 Å². The number of rotatable bonds is 8. The molecule has 0 unspecified atom stereocenters. The first-order valence-electron chi connectivity index (χ1n) is 8.41. The second-order valence-electron chi connectivity index (χ2n) is 5.28. The van der Waals surface area contributed by atoms with Crippen molar-refractivity contribution in [1.29, 1.82) is 0 Å². The summed E-state index contributed by atoms with van der Waals surface area (Å²) in [6, 6.07) is 3.51. The van der Waals surface area contributed by atoms with E-state index in [0.717, 1.165) is 11.8 Å². The molecule has 1 aliphatic rings. The van der Waals surface area contributed by atoms with Crippen LogP contribution in [-0.4, -0.2) is 48.4 Å². The van der Waals surface area contributed by atoms with Crippen molar-refractivity contribution < 1.29 is 28.6 Å². The number of ether oxygens (including phenoxy) is 3. The van der Waals surface area contributed by atoms with E-state index in [1.807, 2.05) is 6.92 Å². The Kier molecular flexibility index (Phi) is 7.96. The zero-order valence-electron chi connectivity index (χ0n) is 15.2. The monoisotopic (exact) mass is 505 g/mol. The first kappa shape index (κ1) is 21.5. The van der Waals surface area contributed by atoms with Crippen LogP contribution in [0.2, 0.25) is 0 Å². The Bertz CT molecular complexity index is 779. The van der Waals surface area contributed by atoms with E-state index in [4.69, 9.17) is 14.2 Å². The molecular formula is C18H20INO6S. The molecule has 1 aliphatic heterocycles. The number of carbonyl (C=O) groups excluding carboxylic acids is 3. The summed E-state index contributed by atoms with van der Waals surface area (Å²) in [6.07, 6.45) is 1.65. The number of halogens is 1. The Hall–Kier alpha value is -1.75. The maximum atomic E-state index is 12.3. The minimum atomic E-state index is -0.465. The van der Waals surface area contributed by atoms with E-state index in [-0.39, 0.29) is 24.4 Å². The molecule has 0 N–H and O–H groups in total. The van der Waals surface area contributed by atoms with E-state index in [0.29, 0.717) is 38.7 Å². The van der Waals surface area contributed by atoms with Gasteiger partial charge < -0.3 is 14.2 Å². The van der Waals surface area contributed by atoms with Gasteiger partial charge >= 0.3 is 5.97 Å². The molecule has 1 saturated heterocycles. The topological polar surface area (TPSA) is 82.1 Å². The number of imide groups is 1. The molecule has 0 radical (unpaired) electrons. The number of carbonyl (C=O) groups is 3. The highest BCUT2D eigenvalue weighted by atomic mass is 127. The molecule has 7 nitrogen and oxygen atoms in total. The van der Waals surface area contributed by atoms with Gasteiger partial charge in [-0.3, -0.25) is 14.5 Å². The molecule has 0 aromatic heterocycles. The van der Waals surface area contributed by atoms with Gasteiger partial charge in [-0.25, -0.2) is 4.79 Å². The van der Waals surface area contributed by atoms with Gasteiger partial charge in [0.25, 0.3) is 11.1 Å². The molecule has 0 atom stereocenters. The van der Waals surface area contributed by atoms with E-state index in [9.17, 15) is 14.4 Å². The van der Waals surface area contributed by atoms with Gasteiger partial charge in [-0.1, -0.05) is 0 Å². The standard InChI is InChI=1S/C18H20INO6S/c1-4-20-17(22)14(27-18(20)23)9-11-7-12(19)16(13(8-11)24-5-2)26-10-15(21)25-6-3/h7-9H,4-6,10H2,1-3H3/b14-9+. The molecule has 27 heavy (non-hydrogen) atoms. The summed E-state index contributed by atoms with van der Waals surface area (Å²) in [5.41, 5.74) is 0.702. The lowest BCUT2D eigenvalue weighted by molar-refractivity contribution is -0.145. The lowest BCUT2D eigenvalue weighted by Crippen LogP contribution is -2.27. The molecule has 0 spiro atoms. The van der Waals surface area contributed by atoms with Gasteiger partial charge in [0.05, 0.1) is 21.7 Å². The van der Waals surface area contributed by atoms with Gasteiger partial charge in [-0.05, 0) is 78.9 Å². The molecule has 0 aliphatic carbocycles. The van der Waals surface area contributed by atoms with Crippen molar-refractivity contribution in [3.05, 3.63) is 26.2 Å². The van der Waals surface area contributed by atoms with E-state index in [1.54, 1.807) is 32.1 Å². The Morgan fingerprint density at radius 2 is 1.93 bits per heavy atom. The third-order valence-corrected chi connectivity index (χ3v) is 5.17. The Labute approximate surface area is 175 Å². The Morgan fingerprint density at radius 1 is 1.19 bits per heavy atom. The third-order valence-electron chi connectivity index (χ3n) is 3.46. The van der Waals surface area contributed by atoms with Crippen LogP contribution < -0.4 is 9.47 Å². The van der Waals surface area contributed by atoms with Crippen molar-refractivity contribution in [2.75, 3.05) is 26.4 Å². The smallest absolute Gasteiger partial charge is 0.344 e. The fourth-order valence-electron chi connectivity index (χ4n) is 2.33. The van der Waals surface area contributed by atoms with Crippen LogP contribution in [0.1, 0.15) is 26.3 Å². The number of esters is 1. The highest BCUT2D eigenvalue weighted by molar-refractivity contribution is 14.1. The number of hydrogen-bond donors (Lipinski definition) is 0. The van der Waals surface area contributed by atoms with Crippen molar-refractivity contribution in [2.45, 2.75) is 20.8 Å². The summed E-state index contributed by atoms with van der Waals surface area (Å²) in [5, 5.41) is -0.275. The van der Waals surface area contributed by atoms with Gasteiger partial charge in [0.15, 0.2) is 18.1 Å². The quantitative estimate of drug-likeness (QED) is 0.303. The second-order valence-corrected chi connectivity index (χ2v) is 7.44. The van der Waals surface area contributed by atoms with Gasteiger partial charge in [-0.2, -0.15) is 0 Å². The number of hydrogen-bond acceptors (Lipinski definition) is 7. The van der Waals surface area contributed by atoms with E-state index in [1.165, 1.54) is 4.90 Å². The SMILES string of the molecule is CCOC(=O)COc1c(I)cc(/C=C2/SC(=O)N(CC)C2=O)cc1OCC. The predicted octanol–water partition coefficient (Wildman–Crippen LogP) is 3.69. The predicted molar refractivity (Wildman–Crippen MR) is 111 cm³/mol. The lowest BCUT2D eigenvalue weighted by Gasteiger charge is -2.14. The summed E-state index contributed by atoms with van der Waals surface area (Å²) in [5.74, 6) is 0.121. The Morgan fingerprint density at radius 3 is 2.52 bits per heavy atom. The minimum Gasteiger partial charge on any atom is -0.490 e. The fraction of sp³-hybridized carbons (Fsp3) is 0.389. The number of likely N-dealkylation sites (N-methyl/N-ethyl adjacent to an activating group) is 1. The van der Waals surface area contributed by atoms with Crippen LogP contribution in [0.3, 0.4) is 0 Å². The third kappa shape index (κ3) is 5.38. The fourth-order valence-corrected chi connectivity index (χ4v) is 4.02. The first-order chi connectivity index (χ1) is 12.9. The molecule has 2 rings (SSSR count). The van der Waals surface area contributed by atoms with E-state index < -0.39 is 5.97 Å². The van der Waals surface area contributed by atoms with Gasteiger partial charge in [0.1, 0.15) is 0 Å². The summed E-state index contributed by atoms with van der Waals surface area (Å²) in [6.45, 7) is 6.11. The lowest BCUT2D eigenvalue weighted by atomic mass is 10.2. The molecule has 0 saturated carbocycles. The largest absolute Gasteiger partial charge is 0.490 e. The number of amides is 2. The maximum Gasteiger partial charge on any atom is 0.344 e. The molecule has 9 heteroatoms. The van der Waals surface area contributed by atoms with Crippen molar-refractivity contribution in [3.8, 4) is 11.5 Å². The van der Waals surface area contributed by atoms with Crippen LogP contribution in [0.25, 0.3) is 6.08 Å². The van der Waals surface area contributed by atoms with Gasteiger partial charge in [0.2, 0.25) is 0 Å². The molecule has 1 aromatic rings. The number of nitrogens with zero attached hydrogens (tertiary/aromatic N) is 1. The minimum absolute atomic E-state index is 0.224.